The number of fused-ring (bicyclic) bond motifs is 1. The fourth-order valence-electron chi connectivity index (χ4n) is 1.99. The molecular weight excluding hydrogens is 184 g/mol. The first-order valence-corrected chi connectivity index (χ1v) is 5.32. The number of benzene rings is 1. The molecule has 15 heavy (non-hydrogen) atoms. The van der Waals surface area contributed by atoms with Crippen LogP contribution < -0.4 is 0 Å². The van der Waals surface area contributed by atoms with E-state index >= 15 is 0 Å². The maximum Gasteiger partial charge on any atom is 0.189 e. The van der Waals surface area contributed by atoms with E-state index in [9.17, 15) is 4.79 Å². The molecule has 1 aromatic carbocycles. The van der Waals surface area contributed by atoms with Crippen LogP contribution in [0.3, 0.4) is 0 Å². The smallest absolute Gasteiger partial charge is 0.189 e. The van der Waals surface area contributed by atoms with Crippen molar-refractivity contribution in [1.29, 1.82) is 0 Å². The number of ketones is 1. The maximum atomic E-state index is 12.0. The molecule has 1 aromatic rings. The monoisotopic (exact) mass is 200 g/mol. The van der Waals surface area contributed by atoms with Crippen LogP contribution in [0.5, 0.6) is 0 Å². The van der Waals surface area contributed by atoms with E-state index in [0.29, 0.717) is 0 Å². The molecule has 0 fully saturated rings. The predicted octanol–water partition coefficient (Wildman–Crippen LogP) is 3.40. The average Bonchev–Trinajstić information content (AvgIpc) is 2.42. The SMILES string of the molecule is CC(C)(C)/C=C1\Cc2ccccc2C1=O. The van der Waals surface area contributed by atoms with Crippen LogP contribution in [0.15, 0.2) is 35.9 Å². The van der Waals surface area contributed by atoms with Gasteiger partial charge >= 0.3 is 0 Å². The van der Waals surface area contributed by atoms with Crippen molar-refractivity contribution in [3.63, 3.8) is 0 Å². The summed E-state index contributed by atoms with van der Waals surface area (Å²) in [5.74, 6) is 0.209. The van der Waals surface area contributed by atoms with Gasteiger partial charge in [0.25, 0.3) is 0 Å². The van der Waals surface area contributed by atoms with E-state index in [4.69, 9.17) is 0 Å². The van der Waals surface area contributed by atoms with Gasteiger partial charge in [-0.1, -0.05) is 51.1 Å². The number of Topliss-reactive ketones (excluding diaryl/α,β-unsaturated/α-hetero) is 1. The summed E-state index contributed by atoms with van der Waals surface area (Å²) >= 11 is 0. The number of rotatable bonds is 0. The van der Waals surface area contributed by atoms with Gasteiger partial charge in [-0.25, -0.2) is 0 Å². The Balaban J connectivity index is 2.40. The van der Waals surface area contributed by atoms with Crippen LogP contribution in [0, 0.1) is 5.41 Å². The molecular formula is C14H16O. The molecule has 0 saturated heterocycles. The molecule has 0 bridgehead atoms. The van der Waals surface area contributed by atoms with Crippen LogP contribution in [0.1, 0.15) is 36.7 Å². The first kappa shape index (κ1) is 10.2. The number of allylic oxidation sites excluding steroid dienone is 2. The van der Waals surface area contributed by atoms with E-state index < -0.39 is 0 Å². The summed E-state index contributed by atoms with van der Waals surface area (Å²) in [6.45, 7) is 6.36. The molecule has 0 radical (unpaired) electrons. The summed E-state index contributed by atoms with van der Waals surface area (Å²) in [5, 5.41) is 0. The quantitative estimate of drug-likeness (QED) is 0.587. The van der Waals surface area contributed by atoms with Crippen LogP contribution in [-0.2, 0) is 6.42 Å². The molecule has 1 nitrogen and oxygen atoms in total. The van der Waals surface area contributed by atoms with E-state index in [1.165, 1.54) is 0 Å². The van der Waals surface area contributed by atoms with Gasteiger partial charge in [0.15, 0.2) is 5.78 Å². The molecule has 0 atom stereocenters. The van der Waals surface area contributed by atoms with Crippen molar-refractivity contribution >= 4 is 5.78 Å². The van der Waals surface area contributed by atoms with Gasteiger partial charge in [0, 0.05) is 17.6 Å². The van der Waals surface area contributed by atoms with E-state index in [-0.39, 0.29) is 11.2 Å². The van der Waals surface area contributed by atoms with Crippen molar-refractivity contribution in [2.24, 2.45) is 5.41 Å². The third-order valence-corrected chi connectivity index (χ3v) is 2.54. The highest BCUT2D eigenvalue weighted by Crippen LogP contribution is 2.29. The number of hydrogen-bond acceptors (Lipinski definition) is 1. The van der Waals surface area contributed by atoms with Gasteiger partial charge in [0.1, 0.15) is 0 Å². The summed E-state index contributed by atoms with van der Waals surface area (Å²) in [7, 11) is 0. The van der Waals surface area contributed by atoms with Gasteiger partial charge in [-0.05, 0) is 11.0 Å². The van der Waals surface area contributed by atoms with Gasteiger partial charge in [-0.2, -0.15) is 0 Å². The standard InChI is InChI=1S/C14H16O/c1-14(2,3)9-11-8-10-6-4-5-7-12(10)13(11)15/h4-7,9H,8H2,1-3H3/b11-9+. The molecule has 0 N–H and O–H groups in total. The Kier molecular flexibility index (Phi) is 2.26. The van der Waals surface area contributed by atoms with E-state index in [0.717, 1.165) is 23.1 Å². The van der Waals surface area contributed by atoms with E-state index in [1.807, 2.05) is 24.3 Å². The zero-order chi connectivity index (χ0) is 11.1. The summed E-state index contributed by atoms with van der Waals surface area (Å²) in [5.41, 5.74) is 3.07. The van der Waals surface area contributed by atoms with Crippen LogP contribution in [-0.4, -0.2) is 5.78 Å². The fraction of sp³-hybridized carbons (Fsp3) is 0.357. The highest BCUT2D eigenvalue weighted by molar-refractivity contribution is 6.13. The van der Waals surface area contributed by atoms with Gasteiger partial charge in [0.2, 0.25) is 0 Å². The van der Waals surface area contributed by atoms with Gasteiger partial charge < -0.3 is 0 Å². The second kappa shape index (κ2) is 3.34. The molecule has 0 unspecified atom stereocenters. The molecule has 2 rings (SSSR count). The molecule has 0 aliphatic heterocycles. The Hall–Kier alpha value is -1.37. The van der Waals surface area contributed by atoms with Crippen molar-refractivity contribution in [2.45, 2.75) is 27.2 Å². The lowest BCUT2D eigenvalue weighted by Crippen LogP contribution is -2.05. The summed E-state index contributed by atoms with van der Waals surface area (Å²) in [6.07, 6.45) is 2.89. The predicted molar refractivity (Wildman–Crippen MR) is 62.0 cm³/mol. The Bertz CT molecular complexity index is 433. The average molecular weight is 200 g/mol. The molecule has 78 valence electrons. The topological polar surface area (TPSA) is 17.1 Å². The number of carbonyl (C=O) groups is 1. The van der Waals surface area contributed by atoms with Crippen LogP contribution in [0.25, 0.3) is 0 Å². The first-order chi connectivity index (χ1) is 6.97. The van der Waals surface area contributed by atoms with Crippen molar-refractivity contribution in [1.82, 2.24) is 0 Å². The molecule has 0 spiro atoms. The first-order valence-electron chi connectivity index (χ1n) is 5.32. The largest absolute Gasteiger partial charge is 0.289 e. The van der Waals surface area contributed by atoms with Gasteiger partial charge in [-0.15, -0.1) is 0 Å². The third kappa shape index (κ3) is 2.01. The van der Waals surface area contributed by atoms with Crippen LogP contribution >= 0.6 is 0 Å². The van der Waals surface area contributed by atoms with E-state index in [2.05, 4.69) is 26.8 Å². The number of hydrogen-bond donors (Lipinski definition) is 0. The normalized spacial score (nSPS) is 18.3. The lowest BCUT2D eigenvalue weighted by molar-refractivity contribution is 0.103. The highest BCUT2D eigenvalue weighted by Gasteiger charge is 2.25. The highest BCUT2D eigenvalue weighted by atomic mass is 16.1. The summed E-state index contributed by atoms with van der Waals surface area (Å²) < 4.78 is 0. The minimum atomic E-state index is 0.0764. The van der Waals surface area contributed by atoms with Crippen LogP contribution in [0.4, 0.5) is 0 Å². The van der Waals surface area contributed by atoms with Crippen molar-refractivity contribution in [3.05, 3.63) is 47.0 Å². The molecule has 0 aromatic heterocycles. The fourth-order valence-corrected chi connectivity index (χ4v) is 1.99. The molecule has 0 heterocycles. The van der Waals surface area contributed by atoms with Crippen LogP contribution in [0.2, 0.25) is 0 Å². The lowest BCUT2D eigenvalue weighted by atomic mass is 9.92. The molecule has 1 aliphatic carbocycles. The lowest BCUT2D eigenvalue weighted by Gasteiger charge is -2.12. The zero-order valence-electron chi connectivity index (χ0n) is 9.50. The Morgan fingerprint density at radius 1 is 1.20 bits per heavy atom. The molecule has 1 heteroatoms. The summed E-state index contributed by atoms with van der Waals surface area (Å²) in [4.78, 5) is 12.0. The van der Waals surface area contributed by atoms with Gasteiger partial charge in [0.05, 0.1) is 0 Å². The summed E-state index contributed by atoms with van der Waals surface area (Å²) in [6, 6.07) is 7.88. The second-order valence-corrected chi connectivity index (χ2v) is 5.20. The Labute approximate surface area is 90.8 Å². The zero-order valence-corrected chi connectivity index (χ0v) is 9.50. The Morgan fingerprint density at radius 3 is 2.47 bits per heavy atom. The maximum absolute atomic E-state index is 12.0. The molecule has 0 amide bonds. The third-order valence-electron chi connectivity index (χ3n) is 2.54. The minimum Gasteiger partial charge on any atom is -0.289 e. The molecule has 1 aliphatic rings. The van der Waals surface area contributed by atoms with Crippen molar-refractivity contribution in [3.8, 4) is 0 Å². The second-order valence-electron chi connectivity index (χ2n) is 5.20. The Morgan fingerprint density at radius 2 is 1.87 bits per heavy atom. The number of carbonyl (C=O) groups excluding carboxylic acids is 1. The van der Waals surface area contributed by atoms with Crippen molar-refractivity contribution in [2.75, 3.05) is 0 Å². The minimum absolute atomic E-state index is 0.0764. The molecule has 0 saturated carbocycles. The van der Waals surface area contributed by atoms with E-state index in [1.54, 1.807) is 0 Å². The van der Waals surface area contributed by atoms with Crippen molar-refractivity contribution < 1.29 is 4.79 Å². The van der Waals surface area contributed by atoms with Gasteiger partial charge in [-0.3, -0.25) is 4.79 Å².